The van der Waals surface area contributed by atoms with Crippen LogP contribution in [0.2, 0.25) is 5.02 Å². The third-order valence-corrected chi connectivity index (χ3v) is 5.42. The number of hydrogen-bond acceptors (Lipinski definition) is 3. The number of aryl methyl sites for hydroxylation is 1. The quantitative estimate of drug-likeness (QED) is 0.822. The van der Waals surface area contributed by atoms with Crippen LogP contribution in [-0.4, -0.2) is 11.8 Å². The summed E-state index contributed by atoms with van der Waals surface area (Å²) in [5, 5.41) is 3.88. The molecular weight excluding hydrogens is 332 g/mol. The summed E-state index contributed by atoms with van der Waals surface area (Å²) in [5.41, 5.74) is 7.51. The van der Waals surface area contributed by atoms with Crippen LogP contribution in [0.1, 0.15) is 50.4 Å². The highest BCUT2D eigenvalue weighted by molar-refractivity contribution is 7.17. The van der Waals surface area contributed by atoms with Gasteiger partial charge in [0.1, 0.15) is 5.00 Å². The highest BCUT2D eigenvalue weighted by atomic mass is 35.5. The number of fused-ring (bicyclic) bond motifs is 1. The average Bonchev–Trinajstić information content (AvgIpc) is 2.69. The van der Waals surface area contributed by atoms with E-state index in [9.17, 15) is 9.59 Å². The van der Waals surface area contributed by atoms with Gasteiger partial charge in [-0.25, -0.2) is 0 Å². The first-order chi connectivity index (χ1) is 11.1. The van der Waals surface area contributed by atoms with E-state index in [1.165, 1.54) is 11.3 Å². The van der Waals surface area contributed by atoms with Crippen molar-refractivity contribution in [3.63, 3.8) is 0 Å². The van der Waals surface area contributed by atoms with Crippen molar-refractivity contribution in [2.75, 3.05) is 5.32 Å². The van der Waals surface area contributed by atoms with E-state index >= 15 is 0 Å². The zero-order chi connectivity index (χ0) is 16.4. The van der Waals surface area contributed by atoms with Gasteiger partial charge in [-0.05, 0) is 49.4 Å². The summed E-state index contributed by atoms with van der Waals surface area (Å²) in [5.74, 6) is -0.766. The largest absolute Gasteiger partial charge is 0.365 e. The predicted molar refractivity (Wildman–Crippen MR) is 93.5 cm³/mol. The Hall–Kier alpha value is -1.85. The summed E-state index contributed by atoms with van der Waals surface area (Å²) in [7, 11) is 0. The molecule has 1 heterocycles. The molecule has 0 radical (unpaired) electrons. The molecule has 2 amide bonds. The summed E-state index contributed by atoms with van der Waals surface area (Å²) in [6, 6.07) is 6.71. The van der Waals surface area contributed by atoms with Crippen molar-refractivity contribution in [1.29, 1.82) is 0 Å². The highest BCUT2D eigenvalue weighted by Crippen LogP contribution is 2.37. The lowest BCUT2D eigenvalue weighted by Gasteiger charge is -2.06. The molecule has 0 atom stereocenters. The van der Waals surface area contributed by atoms with Gasteiger partial charge in [0, 0.05) is 15.5 Å². The standard InChI is InChI=1S/C17H17ClN2O2S/c18-11-6-4-5-10(9-11)16(22)20-17-14(15(19)21)12-7-2-1-3-8-13(12)23-17/h4-6,9H,1-3,7-8H2,(H2,19,21)(H,20,22). The fourth-order valence-corrected chi connectivity index (χ4v) is 4.38. The molecule has 0 aliphatic heterocycles. The first kappa shape index (κ1) is 16.0. The van der Waals surface area contributed by atoms with E-state index in [1.54, 1.807) is 24.3 Å². The molecule has 120 valence electrons. The van der Waals surface area contributed by atoms with Crippen molar-refractivity contribution in [2.45, 2.75) is 32.1 Å². The van der Waals surface area contributed by atoms with Crippen molar-refractivity contribution in [2.24, 2.45) is 5.73 Å². The van der Waals surface area contributed by atoms with Gasteiger partial charge in [0.25, 0.3) is 11.8 Å². The molecule has 0 spiro atoms. The van der Waals surface area contributed by atoms with Crippen molar-refractivity contribution in [3.05, 3.63) is 50.9 Å². The Morgan fingerprint density at radius 2 is 1.96 bits per heavy atom. The van der Waals surface area contributed by atoms with Gasteiger partial charge in [-0.1, -0.05) is 24.1 Å². The maximum Gasteiger partial charge on any atom is 0.256 e. The summed E-state index contributed by atoms with van der Waals surface area (Å²) in [6.07, 6.45) is 5.09. The molecular formula is C17H17ClN2O2S. The van der Waals surface area contributed by atoms with Gasteiger partial charge in [-0.2, -0.15) is 0 Å². The monoisotopic (exact) mass is 348 g/mol. The number of hydrogen-bond donors (Lipinski definition) is 2. The first-order valence-electron chi connectivity index (χ1n) is 7.57. The van der Waals surface area contributed by atoms with Gasteiger partial charge >= 0.3 is 0 Å². The summed E-state index contributed by atoms with van der Waals surface area (Å²) in [4.78, 5) is 25.5. The second-order valence-corrected chi connectivity index (χ2v) is 7.14. The molecule has 0 fully saturated rings. The maximum atomic E-state index is 12.4. The van der Waals surface area contributed by atoms with E-state index in [4.69, 9.17) is 17.3 Å². The number of carbonyl (C=O) groups is 2. The third kappa shape index (κ3) is 3.41. The molecule has 0 saturated heterocycles. The molecule has 3 rings (SSSR count). The Bertz CT molecular complexity index is 770. The average molecular weight is 349 g/mol. The van der Waals surface area contributed by atoms with E-state index in [2.05, 4.69) is 5.32 Å². The normalized spacial score (nSPS) is 14.0. The minimum absolute atomic E-state index is 0.286. The van der Waals surface area contributed by atoms with Gasteiger partial charge < -0.3 is 11.1 Å². The molecule has 1 aliphatic carbocycles. The minimum atomic E-state index is -0.481. The molecule has 23 heavy (non-hydrogen) atoms. The van der Waals surface area contributed by atoms with E-state index < -0.39 is 5.91 Å². The maximum absolute atomic E-state index is 12.4. The van der Waals surface area contributed by atoms with Crippen LogP contribution < -0.4 is 11.1 Å². The fourth-order valence-electron chi connectivity index (χ4n) is 2.90. The van der Waals surface area contributed by atoms with Gasteiger partial charge in [-0.15, -0.1) is 11.3 Å². The Morgan fingerprint density at radius 3 is 2.70 bits per heavy atom. The first-order valence-corrected chi connectivity index (χ1v) is 8.77. The lowest BCUT2D eigenvalue weighted by atomic mass is 10.1. The summed E-state index contributed by atoms with van der Waals surface area (Å²) in [6.45, 7) is 0. The Kier molecular flexibility index (Phi) is 4.68. The van der Waals surface area contributed by atoms with Crippen molar-refractivity contribution in [1.82, 2.24) is 0 Å². The molecule has 3 N–H and O–H groups in total. The number of carbonyl (C=O) groups excluding carboxylic acids is 2. The van der Waals surface area contributed by atoms with Gasteiger partial charge in [0.05, 0.1) is 5.56 Å². The van der Waals surface area contributed by atoms with E-state index in [0.29, 0.717) is 21.2 Å². The van der Waals surface area contributed by atoms with Crippen molar-refractivity contribution in [3.8, 4) is 0 Å². The highest BCUT2D eigenvalue weighted by Gasteiger charge is 2.24. The second-order valence-electron chi connectivity index (χ2n) is 5.60. The molecule has 1 aliphatic rings. The van der Waals surface area contributed by atoms with Crippen LogP contribution in [0, 0.1) is 0 Å². The Morgan fingerprint density at radius 1 is 1.17 bits per heavy atom. The molecule has 0 unspecified atom stereocenters. The van der Waals surface area contributed by atoms with Crippen molar-refractivity contribution >= 4 is 39.8 Å². The van der Waals surface area contributed by atoms with Crippen LogP contribution in [0.25, 0.3) is 0 Å². The smallest absolute Gasteiger partial charge is 0.256 e. The Labute approximate surface area is 143 Å². The van der Waals surface area contributed by atoms with Crippen LogP contribution in [0.15, 0.2) is 24.3 Å². The van der Waals surface area contributed by atoms with Crippen molar-refractivity contribution < 1.29 is 9.59 Å². The number of benzene rings is 1. The number of primary amides is 1. The molecule has 2 aromatic rings. The predicted octanol–water partition coefficient (Wildman–Crippen LogP) is 4.02. The van der Waals surface area contributed by atoms with Crippen LogP contribution >= 0.6 is 22.9 Å². The van der Waals surface area contributed by atoms with E-state index in [0.717, 1.165) is 42.5 Å². The zero-order valence-electron chi connectivity index (χ0n) is 12.5. The van der Waals surface area contributed by atoms with Gasteiger partial charge in [-0.3, -0.25) is 9.59 Å². The number of amides is 2. The third-order valence-electron chi connectivity index (χ3n) is 3.98. The number of halogens is 1. The lowest BCUT2D eigenvalue weighted by Crippen LogP contribution is -2.18. The number of anilines is 1. The number of nitrogens with one attached hydrogen (secondary N) is 1. The van der Waals surface area contributed by atoms with Crippen LogP contribution in [0.5, 0.6) is 0 Å². The minimum Gasteiger partial charge on any atom is -0.365 e. The number of rotatable bonds is 3. The fraction of sp³-hybridized carbons (Fsp3) is 0.294. The molecule has 6 heteroatoms. The zero-order valence-corrected chi connectivity index (χ0v) is 14.1. The molecule has 1 aromatic heterocycles. The molecule has 0 bridgehead atoms. The Balaban J connectivity index is 1.93. The van der Waals surface area contributed by atoms with Crippen LogP contribution in [0.3, 0.4) is 0 Å². The van der Waals surface area contributed by atoms with Crippen LogP contribution in [0.4, 0.5) is 5.00 Å². The van der Waals surface area contributed by atoms with Gasteiger partial charge in [0.15, 0.2) is 0 Å². The second kappa shape index (κ2) is 6.72. The van der Waals surface area contributed by atoms with E-state index in [1.807, 2.05) is 0 Å². The van der Waals surface area contributed by atoms with Crippen LogP contribution in [-0.2, 0) is 12.8 Å². The SMILES string of the molecule is NC(=O)c1c(NC(=O)c2cccc(Cl)c2)sc2c1CCCCC2. The lowest BCUT2D eigenvalue weighted by molar-refractivity contribution is 0.100. The molecule has 4 nitrogen and oxygen atoms in total. The summed E-state index contributed by atoms with van der Waals surface area (Å²) >= 11 is 7.39. The molecule has 0 saturated carbocycles. The van der Waals surface area contributed by atoms with Gasteiger partial charge in [0.2, 0.25) is 0 Å². The molecule has 1 aromatic carbocycles. The topological polar surface area (TPSA) is 72.2 Å². The number of nitrogens with two attached hydrogens (primary N) is 1. The summed E-state index contributed by atoms with van der Waals surface area (Å²) < 4.78 is 0. The number of thiophene rings is 1. The van der Waals surface area contributed by atoms with E-state index in [-0.39, 0.29) is 5.91 Å².